The predicted octanol–water partition coefficient (Wildman–Crippen LogP) is 3.38. The third-order valence-electron chi connectivity index (χ3n) is 3.94. The number of carbonyl (C=O) groups excluding carboxylic acids is 1. The molecule has 0 aromatic heterocycles. The van der Waals surface area contributed by atoms with Crippen LogP contribution in [0.3, 0.4) is 0 Å². The molecular formula is C15H19NOS. The molecule has 1 atom stereocenters. The average Bonchev–Trinajstić information content (AvgIpc) is 3.20. The quantitative estimate of drug-likeness (QED) is 0.813. The van der Waals surface area contributed by atoms with Crippen molar-refractivity contribution in [3.8, 4) is 0 Å². The summed E-state index contributed by atoms with van der Waals surface area (Å²) in [4.78, 5) is 15.0. The zero-order valence-electron chi connectivity index (χ0n) is 11.0. The lowest BCUT2D eigenvalue weighted by molar-refractivity contribution is 0.0827. The zero-order chi connectivity index (χ0) is 12.7. The molecule has 0 bridgehead atoms. The second kappa shape index (κ2) is 4.61. The van der Waals surface area contributed by atoms with Crippen molar-refractivity contribution >= 4 is 17.7 Å². The van der Waals surface area contributed by atoms with E-state index in [1.165, 1.54) is 35.5 Å². The second-order valence-electron chi connectivity index (χ2n) is 5.53. The summed E-state index contributed by atoms with van der Waals surface area (Å²) in [5.41, 5.74) is 2.31. The highest BCUT2D eigenvalue weighted by Gasteiger charge is 2.35. The van der Waals surface area contributed by atoms with Crippen LogP contribution >= 0.6 is 11.8 Å². The number of nitrogens with zero attached hydrogens (tertiary/aromatic N) is 1. The minimum Gasteiger partial charge on any atom is -0.345 e. The van der Waals surface area contributed by atoms with Crippen molar-refractivity contribution < 1.29 is 4.79 Å². The Labute approximate surface area is 113 Å². The summed E-state index contributed by atoms with van der Waals surface area (Å²) in [5.74, 6) is 2.98. The summed E-state index contributed by atoms with van der Waals surface area (Å²) in [6, 6.07) is 6.29. The monoisotopic (exact) mass is 261 g/mol. The lowest BCUT2D eigenvalue weighted by Crippen LogP contribution is -2.22. The lowest BCUT2D eigenvalue weighted by atomic mass is 9.90. The Morgan fingerprint density at radius 3 is 2.72 bits per heavy atom. The number of carbonyl (C=O) groups is 1. The van der Waals surface area contributed by atoms with Crippen molar-refractivity contribution in [2.75, 3.05) is 19.8 Å². The Morgan fingerprint density at radius 1 is 1.28 bits per heavy atom. The molecule has 1 fully saturated rings. The minimum absolute atomic E-state index is 0.104. The highest BCUT2D eigenvalue weighted by atomic mass is 32.2. The van der Waals surface area contributed by atoms with Crippen LogP contribution in [-0.4, -0.2) is 30.7 Å². The van der Waals surface area contributed by atoms with Crippen molar-refractivity contribution in [2.24, 2.45) is 5.92 Å². The van der Waals surface area contributed by atoms with Crippen LogP contribution < -0.4 is 0 Å². The van der Waals surface area contributed by atoms with E-state index in [9.17, 15) is 4.79 Å². The smallest absolute Gasteiger partial charge is 0.253 e. The number of amides is 1. The van der Waals surface area contributed by atoms with Crippen molar-refractivity contribution in [3.05, 3.63) is 29.3 Å². The molecule has 1 aliphatic heterocycles. The molecule has 1 heterocycles. The third-order valence-corrected chi connectivity index (χ3v) is 5.05. The molecule has 2 nitrogen and oxygen atoms in total. The van der Waals surface area contributed by atoms with Gasteiger partial charge in [0, 0.05) is 24.6 Å². The molecule has 0 N–H and O–H groups in total. The number of hydrogen-bond acceptors (Lipinski definition) is 2. The fourth-order valence-corrected chi connectivity index (χ4v) is 3.98. The first kappa shape index (κ1) is 12.1. The van der Waals surface area contributed by atoms with Gasteiger partial charge < -0.3 is 4.90 Å². The molecule has 0 saturated heterocycles. The average molecular weight is 261 g/mol. The van der Waals surface area contributed by atoms with Crippen molar-refractivity contribution in [2.45, 2.75) is 30.1 Å². The van der Waals surface area contributed by atoms with Gasteiger partial charge in [-0.25, -0.2) is 0 Å². The van der Waals surface area contributed by atoms with Crippen LogP contribution in [0.5, 0.6) is 0 Å². The van der Waals surface area contributed by atoms with Gasteiger partial charge in [-0.3, -0.25) is 4.79 Å². The van der Waals surface area contributed by atoms with Crippen LogP contribution in [0, 0.1) is 5.92 Å². The van der Waals surface area contributed by atoms with Crippen LogP contribution in [0.15, 0.2) is 23.1 Å². The summed E-state index contributed by atoms with van der Waals surface area (Å²) in [5, 5.41) is 0. The Balaban J connectivity index is 1.92. The number of rotatable bonds is 2. The van der Waals surface area contributed by atoms with Gasteiger partial charge >= 0.3 is 0 Å². The maximum absolute atomic E-state index is 12.0. The predicted molar refractivity (Wildman–Crippen MR) is 75.3 cm³/mol. The Bertz CT molecular complexity index is 479. The van der Waals surface area contributed by atoms with E-state index in [1.807, 2.05) is 31.9 Å². The van der Waals surface area contributed by atoms with E-state index in [1.54, 1.807) is 4.90 Å². The molecule has 3 heteroatoms. The van der Waals surface area contributed by atoms with Crippen LogP contribution in [0.4, 0.5) is 0 Å². The van der Waals surface area contributed by atoms with Gasteiger partial charge in [-0.05, 0) is 54.5 Å². The zero-order valence-corrected chi connectivity index (χ0v) is 11.8. The lowest BCUT2D eigenvalue weighted by Gasteiger charge is -2.25. The molecule has 1 saturated carbocycles. The number of benzene rings is 1. The molecule has 0 spiro atoms. The van der Waals surface area contributed by atoms with Crippen molar-refractivity contribution in [1.82, 2.24) is 4.90 Å². The first-order chi connectivity index (χ1) is 8.66. The van der Waals surface area contributed by atoms with Gasteiger partial charge in [-0.1, -0.05) is 6.07 Å². The minimum atomic E-state index is 0.104. The summed E-state index contributed by atoms with van der Waals surface area (Å²) in [7, 11) is 3.61. The molecule has 3 rings (SSSR count). The molecular weight excluding hydrogens is 242 g/mol. The summed E-state index contributed by atoms with van der Waals surface area (Å²) in [6.07, 6.45) is 4.10. The van der Waals surface area contributed by atoms with Gasteiger partial charge in [0.1, 0.15) is 0 Å². The summed E-state index contributed by atoms with van der Waals surface area (Å²) >= 11 is 1.91. The van der Waals surface area contributed by atoms with E-state index >= 15 is 0 Å². The molecule has 18 heavy (non-hydrogen) atoms. The highest BCUT2D eigenvalue weighted by molar-refractivity contribution is 7.99. The fraction of sp³-hybridized carbons (Fsp3) is 0.533. The SMILES string of the molecule is CN(C)C(=O)c1ccc2c(c1)SCCC2C1CC1. The molecule has 1 aliphatic carbocycles. The van der Waals surface area contributed by atoms with Gasteiger partial charge in [0.2, 0.25) is 0 Å². The molecule has 1 unspecified atom stereocenters. The second-order valence-corrected chi connectivity index (χ2v) is 6.67. The van der Waals surface area contributed by atoms with Crippen LogP contribution in [-0.2, 0) is 0 Å². The Morgan fingerprint density at radius 2 is 2.06 bits per heavy atom. The van der Waals surface area contributed by atoms with Gasteiger partial charge in [0.15, 0.2) is 0 Å². The van der Waals surface area contributed by atoms with E-state index in [2.05, 4.69) is 12.1 Å². The van der Waals surface area contributed by atoms with E-state index in [0.29, 0.717) is 0 Å². The van der Waals surface area contributed by atoms with E-state index in [-0.39, 0.29) is 5.91 Å². The maximum atomic E-state index is 12.0. The largest absolute Gasteiger partial charge is 0.345 e. The molecule has 1 aromatic rings. The van der Waals surface area contributed by atoms with Crippen LogP contribution in [0.25, 0.3) is 0 Å². The van der Waals surface area contributed by atoms with Crippen molar-refractivity contribution in [3.63, 3.8) is 0 Å². The normalized spacial score (nSPS) is 22.4. The molecule has 0 radical (unpaired) electrons. The first-order valence-corrected chi connectivity index (χ1v) is 7.64. The van der Waals surface area contributed by atoms with Gasteiger partial charge in [-0.15, -0.1) is 11.8 Å². The molecule has 96 valence electrons. The Hall–Kier alpha value is -0.960. The van der Waals surface area contributed by atoms with E-state index < -0.39 is 0 Å². The highest BCUT2D eigenvalue weighted by Crippen LogP contribution is 2.50. The van der Waals surface area contributed by atoms with Crippen molar-refractivity contribution in [1.29, 1.82) is 0 Å². The van der Waals surface area contributed by atoms with Crippen LogP contribution in [0.2, 0.25) is 0 Å². The van der Waals surface area contributed by atoms with Gasteiger partial charge in [0.05, 0.1) is 0 Å². The summed E-state index contributed by atoms with van der Waals surface area (Å²) < 4.78 is 0. The molecule has 1 amide bonds. The maximum Gasteiger partial charge on any atom is 0.253 e. The third kappa shape index (κ3) is 2.16. The number of thioether (sulfide) groups is 1. The molecule has 1 aromatic carbocycles. The van der Waals surface area contributed by atoms with E-state index in [4.69, 9.17) is 0 Å². The van der Waals surface area contributed by atoms with E-state index in [0.717, 1.165) is 17.4 Å². The first-order valence-electron chi connectivity index (χ1n) is 6.65. The number of hydrogen-bond donors (Lipinski definition) is 0. The Kier molecular flexibility index (Phi) is 3.10. The standard InChI is InChI=1S/C15H19NOS/c1-16(2)15(17)11-5-6-13-12(10-3-4-10)7-8-18-14(13)9-11/h5-6,9-10,12H,3-4,7-8H2,1-2H3. The number of fused-ring (bicyclic) bond motifs is 1. The molecule has 2 aliphatic rings. The van der Waals surface area contributed by atoms with Crippen LogP contribution in [0.1, 0.15) is 41.1 Å². The summed E-state index contributed by atoms with van der Waals surface area (Å²) in [6.45, 7) is 0. The van der Waals surface area contributed by atoms with Gasteiger partial charge in [-0.2, -0.15) is 0 Å². The fourth-order valence-electron chi connectivity index (χ4n) is 2.80. The topological polar surface area (TPSA) is 20.3 Å². The van der Waals surface area contributed by atoms with Gasteiger partial charge in [0.25, 0.3) is 5.91 Å².